The molecule has 424 valence electrons. The number of hydrogen-bond donors (Lipinski definition) is 0. The van der Waals surface area contributed by atoms with E-state index >= 15 is 0 Å². The van der Waals surface area contributed by atoms with E-state index in [1.54, 1.807) is 0 Å². The van der Waals surface area contributed by atoms with Crippen LogP contribution < -0.4 is 0 Å². The summed E-state index contributed by atoms with van der Waals surface area (Å²) in [5.74, 6) is -0.564. The fourth-order valence-corrected chi connectivity index (χ4v) is 10.4. The topological polar surface area (TPSA) is 119 Å². The first kappa shape index (κ1) is 58.0. The minimum Gasteiger partial charge on any atom is -0.457 e. The van der Waals surface area contributed by atoms with Crippen molar-refractivity contribution >= 4 is 5.97 Å². The van der Waals surface area contributed by atoms with E-state index in [1.165, 1.54) is 6.92 Å². The van der Waals surface area contributed by atoms with E-state index < -0.39 is 73.3 Å². The summed E-state index contributed by atoms with van der Waals surface area (Å²) in [4.78, 5) is 13.9. The average molecular weight is 1110 g/mol. The molecular formula is C70H72O12. The standard InChI is InChI=1S/C70H72O12/c1-51(71)80-67-65(77-47-57-36-20-7-21-37-57)63(75-45-55-32-16-5-17-33-55)64(76-46-56-34-18-6-19-35-56)66(78-48-58-38-22-8-23-39-58)68(67)82-70-69(79-49-59-40-24-9-25-41-59)62(74-44-54-30-14-4-15-31-54)61(73-43-53-28-12-3-13-29-53)60(81-70)50-72-42-52-26-10-2-11-27-52/h2-41,60-70H,42-50H2,1H3/t60-,61-,62+,63-,64+,65+,66-,67+,68+,69+,70+/m1/s1. The van der Waals surface area contributed by atoms with Gasteiger partial charge in [-0.05, 0) is 44.5 Å². The SMILES string of the molecule is CC(=O)O[C@H]1[C@@H](OCc2ccccc2)[C@H](OCc2ccccc2)[C@H](OCc2ccccc2)[C@@H](OCc2ccccc2)[C@@H]1O[C@@H]1O[C@H](COCc2ccccc2)[C@@H](OCc2ccccc2)[C@H](OCc2ccccc2)[C@@H]1OCc1ccccc1. The van der Waals surface area contributed by atoms with E-state index in [0.717, 1.165) is 44.5 Å². The molecule has 12 nitrogen and oxygen atoms in total. The van der Waals surface area contributed by atoms with Gasteiger partial charge in [-0.15, -0.1) is 0 Å². The first-order chi connectivity index (χ1) is 40.5. The molecule has 0 aromatic heterocycles. The van der Waals surface area contributed by atoms with E-state index in [9.17, 15) is 4.79 Å². The van der Waals surface area contributed by atoms with Gasteiger partial charge in [0, 0.05) is 6.92 Å². The number of ether oxygens (including phenoxy) is 11. The monoisotopic (exact) mass is 1100 g/mol. The second-order valence-electron chi connectivity index (χ2n) is 20.5. The molecule has 0 bridgehead atoms. The van der Waals surface area contributed by atoms with Crippen molar-refractivity contribution in [1.82, 2.24) is 0 Å². The van der Waals surface area contributed by atoms with E-state index in [2.05, 4.69) is 0 Å². The highest BCUT2D eigenvalue weighted by Crippen LogP contribution is 2.40. The predicted molar refractivity (Wildman–Crippen MR) is 310 cm³/mol. The van der Waals surface area contributed by atoms with Crippen molar-refractivity contribution in [2.24, 2.45) is 0 Å². The highest BCUT2D eigenvalue weighted by Gasteiger charge is 2.59. The lowest BCUT2D eigenvalue weighted by Gasteiger charge is -2.52. The zero-order chi connectivity index (χ0) is 56.0. The molecule has 12 heteroatoms. The van der Waals surface area contributed by atoms with E-state index in [4.69, 9.17) is 52.1 Å². The fourth-order valence-electron chi connectivity index (χ4n) is 10.4. The zero-order valence-corrected chi connectivity index (χ0v) is 46.2. The number of carbonyl (C=O) groups excluding carboxylic acids is 1. The smallest absolute Gasteiger partial charge is 0.303 e. The lowest BCUT2D eigenvalue weighted by Crippen LogP contribution is -2.70. The van der Waals surface area contributed by atoms with Crippen molar-refractivity contribution < 1.29 is 56.9 Å². The Morgan fingerprint density at radius 1 is 0.305 bits per heavy atom. The zero-order valence-electron chi connectivity index (χ0n) is 46.2. The summed E-state index contributed by atoms with van der Waals surface area (Å²) < 4.78 is 78.1. The molecule has 1 saturated carbocycles. The van der Waals surface area contributed by atoms with Gasteiger partial charge < -0.3 is 52.1 Å². The maximum absolute atomic E-state index is 13.9. The Hall–Kier alpha value is -7.17. The van der Waals surface area contributed by atoms with Crippen LogP contribution in [-0.2, 0) is 110 Å². The van der Waals surface area contributed by atoms with Crippen molar-refractivity contribution in [3.05, 3.63) is 287 Å². The van der Waals surface area contributed by atoms with Crippen molar-refractivity contribution in [2.75, 3.05) is 6.61 Å². The van der Waals surface area contributed by atoms with Gasteiger partial charge in [-0.1, -0.05) is 243 Å². The van der Waals surface area contributed by atoms with Gasteiger partial charge in [-0.3, -0.25) is 4.79 Å². The molecule has 11 atom stereocenters. The molecule has 8 aromatic rings. The number of benzene rings is 8. The molecule has 2 fully saturated rings. The molecule has 0 radical (unpaired) electrons. The van der Waals surface area contributed by atoms with Crippen molar-refractivity contribution in [2.45, 2.75) is 127 Å². The number of esters is 1. The molecule has 1 saturated heterocycles. The van der Waals surface area contributed by atoms with Gasteiger partial charge >= 0.3 is 5.97 Å². The number of hydrogen-bond acceptors (Lipinski definition) is 12. The van der Waals surface area contributed by atoms with E-state index in [1.807, 2.05) is 243 Å². The van der Waals surface area contributed by atoms with Crippen LogP contribution in [0.1, 0.15) is 51.4 Å². The van der Waals surface area contributed by atoms with Crippen LogP contribution in [0.3, 0.4) is 0 Å². The molecule has 1 aliphatic carbocycles. The van der Waals surface area contributed by atoms with Crippen LogP contribution in [0.4, 0.5) is 0 Å². The first-order valence-electron chi connectivity index (χ1n) is 28.2. The second kappa shape index (κ2) is 30.8. The van der Waals surface area contributed by atoms with Crippen LogP contribution in [0.5, 0.6) is 0 Å². The van der Waals surface area contributed by atoms with E-state index in [0.29, 0.717) is 6.61 Å². The Kier molecular flexibility index (Phi) is 21.8. The van der Waals surface area contributed by atoms with E-state index in [-0.39, 0.29) is 52.9 Å². The molecule has 0 N–H and O–H groups in total. The van der Waals surface area contributed by atoms with Crippen LogP contribution >= 0.6 is 0 Å². The largest absolute Gasteiger partial charge is 0.457 e. The van der Waals surface area contributed by atoms with Crippen molar-refractivity contribution in [3.63, 3.8) is 0 Å². The van der Waals surface area contributed by atoms with Gasteiger partial charge in [-0.2, -0.15) is 0 Å². The third kappa shape index (κ3) is 16.7. The van der Waals surface area contributed by atoms with Crippen LogP contribution in [0, 0.1) is 0 Å². The van der Waals surface area contributed by atoms with Crippen LogP contribution in [0.2, 0.25) is 0 Å². The molecule has 0 unspecified atom stereocenters. The molecule has 1 aliphatic heterocycles. The summed E-state index contributed by atoms with van der Waals surface area (Å²) in [7, 11) is 0. The van der Waals surface area contributed by atoms with Gasteiger partial charge in [0.15, 0.2) is 12.4 Å². The van der Waals surface area contributed by atoms with Crippen molar-refractivity contribution in [1.29, 1.82) is 0 Å². The third-order valence-corrected chi connectivity index (χ3v) is 14.5. The quantitative estimate of drug-likeness (QED) is 0.0435. The molecule has 2 aliphatic rings. The van der Waals surface area contributed by atoms with Crippen LogP contribution in [0.15, 0.2) is 243 Å². The fraction of sp³-hybridized carbons (Fsp3) is 0.300. The lowest BCUT2D eigenvalue weighted by molar-refractivity contribution is -0.363. The molecule has 8 aromatic carbocycles. The first-order valence-corrected chi connectivity index (χ1v) is 28.2. The summed E-state index contributed by atoms with van der Waals surface area (Å²) >= 11 is 0. The molecule has 10 rings (SSSR count). The highest BCUT2D eigenvalue weighted by molar-refractivity contribution is 5.66. The predicted octanol–water partition coefficient (Wildman–Crippen LogP) is 12.4. The summed E-state index contributed by atoms with van der Waals surface area (Å²) in [6, 6.07) is 79.5. The van der Waals surface area contributed by atoms with Gasteiger partial charge in [0.1, 0.15) is 54.9 Å². The number of rotatable bonds is 28. The molecular weight excluding hydrogens is 1030 g/mol. The minimum absolute atomic E-state index is 0.0812. The Labute approximate surface area is 481 Å². The summed E-state index contributed by atoms with van der Waals surface area (Å²) in [6.07, 6.45) is -10.8. The third-order valence-electron chi connectivity index (χ3n) is 14.5. The lowest BCUT2D eigenvalue weighted by atomic mass is 9.83. The van der Waals surface area contributed by atoms with Gasteiger partial charge in [0.25, 0.3) is 0 Å². The Morgan fingerprint density at radius 2 is 0.549 bits per heavy atom. The van der Waals surface area contributed by atoms with Gasteiger partial charge in [0.2, 0.25) is 0 Å². The summed E-state index contributed by atoms with van der Waals surface area (Å²) in [5.41, 5.74) is 7.47. The minimum atomic E-state index is -1.25. The highest BCUT2D eigenvalue weighted by atomic mass is 16.7. The average Bonchev–Trinajstić information content (AvgIpc) is 3.67. The Bertz CT molecular complexity index is 3040. The molecule has 0 spiro atoms. The van der Waals surface area contributed by atoms with Gasteiger partial charge in [0.05, 0.1) is 59.5 Å². The molecule has 82 heavy (non-hydrogen) atoms. The van der Waals surface area contributed by atoms with Crippen LogP contribution in [0.25, 0.3) is 0 Å². The summed E-state index contributed by atoms with van der Waals surface area (Å²) in [5, 5.41) is 0. The maximum Gasteiger partial charge on any atom is 0.303 e. The van der Waals surface area contributed by atoms with Crippen molar-refractivity contribution in [3.8, 4) is 0 Å². The Morgan fingerprint density at radius 3 is 0.854 bits per heavy atom. The molecule has 1 heterocycles. The normalized spacial score (nSPS) is 23.5. The second-order valence-corrected chi connectivity index (χ2v) is 20.5. The Balaban J connectivity index is 1.10. The number of carbonyl (C=O) groups is 1. The van der Waals surface area contributed by atoms with Gasteiger partial charge in [-0.25, -0.2) is 0 Å². The molecule has 0 amide bonds. The van der Waals surface area contributed by atoms with Crippen LogP contribution in [-0.4, -0.2) is 79.9 Å². The maximum atomic E-state index is 13.9. The summed E-state index contributed by atoms with van der Waals surface area (Å²) in [6.45, 7) is 3.02.